The van der Waals surface area contributed by atoms with Crippen LogP contribution in [0.25, 0.3) is 0 Å². The second kappa shape index (κ2) is 46.0. The molecule has 0 saturated heterocycles. The van der Waals surface area contributed by atoms with E-state index in [0.29, 0.717) is 25.7 Å². The molecule has 0 spiro atoms. The van der Waals surface area contributed by atoms with E-state index in [-0.39, 0.29) is 64.2 Å². The monoisotopic (exact) mass is 1310 g/mol. The van der Waals surface area contributed by atoms with Crippen LogP contribution in [-0.2, 0) is 46.1 Å². The van der Waals surface area contributed by atoms with Crippen molar-refractivity contribution in [2.45, 2.75) is 289 Å². The van der Waals surface area contributed by atoms with Crippen LogP contribution in [0.2, 0.25) is 10.1 Å². The van der Waals surface area contributed by atoms with Gasteiger partial charge < -0.3 is 18.3 Å². The lowest BCUT2D eigenvalue weighted by Gasteiger charge is -2.45. The zero-order chi connectivity index (χ0) is 70.8. The van der Waals surface area contributed by atoms with Gasteiger partial charge in [0.15, 0.2) is 0 Å². The number of phosphoric acid groups is 1. The molecule has 0 bridgehead atoms. The lowest BCUT2D eigenvalue weighted by atomic mass is 10.0. The second-order valence-electron chi connectivity index (χ2n) is 26.9. The molecule has 2 atom stereocenters. The molecule has 0 aliphatic carbocycles. The minimum absolute atomic E-state index is 0.113. The summed E-state index contributed by atoms with van der Waals surface area (Å²) in [4.78, 5) is 27.5. The third-order valence-electron chi connectivity index (χ3n) is 17.3. The Bertz CT molecular complexity index is 2550. The summed E-state index contributed by atoms with van der Waals surface area (Å²) in [6.07, 6.45) is 28.9. The van der Waals surface area contributed by atoms with Crippen molar-refractivity contribution in [2.24, 2.45) is 0 Å². The summed E-state index contributed by atoms with van der Waals surface area (Å²) in [6, 6.07) is 42.4. The van der Waals surface area contributed by atoms with Crippen LogP contribution in [0.1, 0.15) is 275 Å². The van der Waals surface area contributed by atoms with Crippen molar-refractivity contribution in [3.63, 3.8) is 0 Å². The molecular formula is C77H122NO10PSi2. The van der Waals surface area contributed by atoms with E-state index in [4.69, 9.17) is 40.1 Å². The highest BCUT2D eigenvalue weighted by Crippen LogP contribution is 2.51. The van der Waals surface area contributed by atoms with Gasteiger partial charge in [-0.25, -0.2) is 4.57 Å². The van der Waals surface area contributed by atoms with Gasteiger partial charge in [0, 0.05) is 21.1 Å². The summed E-state index contributed by atoms with van der Waals surface area (Å²) >= 11 is 0. The summed E-state index contributed by atoms with van der Waals surface area (Å²) in [5.41, 5.74) is 0. The number of nitriles is 1. The third-order valence-corrected chi connectivity index (χ3v) is 28.9. The van der Waals surface area contributed by atoms with E-state index in [9.17, 15) is 14.9 Å². The Kier molecular flexibility index (Phi) is 35.2. The number of hydrogen-bond acceptors (Lipinski definition) is 11. The van der Waals surface area contributed by atoms with E-state index in [1.807, 2.05) is 72.8 Å². The number of nitrogens with zero attached hydrogens (tertiary/aromatic N) is 1. The molecule has 0 aromatic heterocycles. The average molecular weight is 1320 g/mol. The van der Waals surface area contributed by atoms with Gasteiger partial charge in [-0.1, -0.05) is 356 Å². The van der Waals surface area contributed by atoms with Crippen molar-refractivity contribution in [1.29, 1.82) is 5.26 Å². The number of unbranched alkanes of at least 4 members (excludes halogenated alkanes) is 26. The maximum atomic E-state index is 15.5. The van der Waals surface area contributed by atoms with Crippen molar-refractivity contribution in [3.8, 4) is 6.07 Å². The molecule has 0 aliphatic rings. The van der Waals surface area contributed by atoms with Gasteiger partial charge in [0.2, 0.25) is 0 Å². The molecule has 4 rings (SSSR count). The Hall–Kier alpha value is -4.23. The number of esters is 2. The van der Waals surface area contributed by atoms with E-state index in [2.05, 4.69) is 96.1 Å². The van der Waals surface area contributed by atoms with Gasteiger partial charge in [0.05, 0.1) is 32.3 Å². The van der Waals surface area contributed by atoms with Crippen LogP contribution in [0.15, 0.2) is 121 Å². The number of carbonyl (C=O) groups is 2. The predicted molar refractivity (Wildman–Crippen MR) is 382 cm³/mol. The fourth-order valence-electron chi connectivity index (χ4n) is 12.3. The van der Waals surface area contributed by atoms with Gasteiger partial charge in [0.25, 0.3) is 16.6 Å². The first-order valence-corrected chi connectivity index (χ1v) is 40.4. The fraction of sp³-hybridized carbons (Fsp3) is 0.649. The topological polar surface area (TPSA) is 140 Å². The van der Waals surface area contributed by atoms with Crippen molar-refractivity contribution < 1.29 is 54.3 Å². The molecule has 4 aromatic rings. The zero-order valence-corrected chi connectivity index (χ0v) is 59.9. The molecular weight excluding hydrogens is 1190 g/mol. The van der Waals surface area contributed by atoms with Gasteiger partial charge in [-0.3, -0.25) is 23.2 Å². The summed E-state index contributed by atoms with van der Waals surface area (Å²) < 4.78 is 106. The number of benzene rings is 4. The lowest BCUT2D eigenvalue weighted by Crippen LogP contribution is -2.68. The Morgan fingerprint density at radius 3 is 0.934 bits per heavy atom. The van der Waals surface area contributed by atoms with E-state index >= 15 is 4.57 Å². The molecule has 0 radical (unpaired) electrons. The van der Waals surface area contributed by atoms with Crippen LogP contribution in [0.5, 0.6) is 0 Å². The molecule has 0 N–H and O–H groups in total. The van der Waals surface area contributed by atoms with Gasteiger partial charge in [-0.05, 0) is 43.7 Å². The Morgan fingerprint density at radius 2 is 0.681 bits per heavy atom. The summed E-state index contributed by atoms with van der Waals surface area (Å²) in [5.74, 6) is -0.750. The summed E-state index contributed by atoms with van der Waals surface area (Å²) in [6.45, 7) is 7.76. The highest BCUT2D eigenvalue weighted by Gasteiger charge is 2.53. The largest absolute Gasteiger partial charge is 0.475 e. The van der Waals surface area contributed by atoms with Crippen molar-refractivity contribution in [1.82, 2.24) is 0 Å². The molecule has 0 fully saturated rings. The standard InChI is InChI=1S/C77H122NO10PSi2/c1-9-11-13-15-17-19-21-23-25-27-29-31-33-35-49-60-74(79)82-64-68(87-90(76(3,4)5,70-52-41-37-42-53-70)71-54-43-38-44-55-71)66-85-89(81,84-63-51-62-78)86-67-69(88-91(77(6,7)8,72-56-45-39-46-57-72)73-58-47-40-48-59-73)65-83-75(80)61-50-36-34-32-30-28-26-24-22-20-18-16-14-12-10-2/h37-48,52-59,68-69H,9-36,49-51,60-61,63-67H2,1-8H3/t68-,69-/m0/s1/i1D3,2D3. The number of carbonyl (C=O) groups excluding carboxylic acids is 2. The maximum absolute atomic E-state index is 15.5. The van der Waals surface area contributed by atoms with Crippen LogP contribution in [-0.4, -0.2) is 73.8 Å². The quantitative estimate of drug-likeness (QED) is 0.0181. The number of phosphoric ester groups is 1. The summed E-state index contributed by atoms with van der Waals surface area (Å²) in [5, 5.41) is 12.7. The molecule has 11 nitrogen and oxygen atoms in total. The smallest absolute Gasteiger partial charge is 0.463 e. The SMILES string of the molecule is [2H]C([2H])([2H])CCCCCCCCCCCCCCCCC(=O)OC[C@@H](COP(=O)(OCCC#N)OC[C@H](COC(=O)CCCCCCCCCCCCCCCCC([2H])([2H])[2H])O[Si](c1ccccc1)(c1ccccc1)C(C)(C)C)O[Si](c1ccccc1)(c1ccccc1)C(C)(C)C. The molecule has 0 amide bonds. The normalized spacial score (nSPS) is 14.3. The van der Waals surface area contributed by atoms with Crippen LogP contribution in [0.4, 0.5) is 0 Å². The highest BCUT2D eigenvalue weighted by molar-refractivity contribution is 7.48. The number of ether oxygens (including phenoxy) is 2. The Balaban J connectivity index is 1.49. The fourth-order valence-corrected chi connectivity index (χ4v) is 22.9. The number of rotatable bonds is 53. The Labute approximate surface area is 563 Å². The minimum atomic E-state index is -4.64. The second-order valence-corrected chi connectivity index (χ2v) is 37.0. The predicted octanol–water partition coefficient (Wildman–Crippen LogP) is 19.6. The molecule has 14 heteroatoms. The molecule has 0 aliphatic heterocycles. The van der Waals surface area contributed by atoms with Gasteiger partial charge in [-0.15, -0.1) is 0 Å². The van der Waals surface area contributed by atoms with E-state index < -0.39 is 60.4 Å². The third kappa shape index (κ3) is 29.9. The van der Waals surface area contributed by atoms with Crippen molar-refractivity contribution in [2.75, 3.05) is 33.0 Å². The average Bonchev–Trinajstić information content (AvgIpc) is 0.754. The lowest BCUT2D eigenvalue weighted by molar-refractivity contribution is -0.147. The van der Waals surface area contributed by atoms with E-state index in [1.54, 1.807) is 0 Å². The van der Waals surface area contributed by atoms with E-state index in [0.717, 1.165) is 111 Å². The minimum Gasteiger partial charge on any atom is -0.463 e. The van der Waals surface area contributed by atoms with Gasteiger partial charge >= 0.3 is 19.8 Å². The van der Waals surface area contributed by atoms with Crippen molar-refractivity contribution >= 4 is 57.1 Å². The van der Waals surface area contributed by atoms with E-state index in [1.165, 1.54) is 77.0 Å². The first-order chi connectivity index (χ1) is 46.3. The zero-order valence-electron chi connectivity index (χ0n) is 63.0. The molecule has 0 heterocycles. The molecule has 4 aromatic carbocycles. The van der Waals surface area contributed by atoms with Gasteiger partial charge in [-0.2, -0.15) is 5.26 Å². The van der Waals surface area contributed by atoms with Crippen LogP contribution in [0.3, 0.4) is 0 Å². The molecule has 0 unspecified atom stereocenters. The highest BCUT2D eigenvalue weighted by atomic mass is 31.2. The van der Waals surface area contributed by atoms with Crippen LogP contribution >= 0.6 is 7.82 Å². The first-order valence-electron chi connectivity index (χ1n) is 38.1. The molecule has 508 valence electrons. The first kappa shape index (κ1) is 69.6. The molecule has 0 saturated carbocycles. The van der Waals surface area contributed by atoms with Crippen molar-refractivity contribution in [3.05, 3.63) is 121 Å². The summed E-state index contributed by atoms with van der Waals surface area (Å²) in [7, 11) is -11.4. The van der Waals surface area contributed by atoms with Crippen LogP contribution < -0.4 is 20.7 Å². The number of hydrogen-bond donors (Lipinski definition) is 0. The Morgan fingerprint density at radius 1 is 0.418 bits per heavy atom. The molecule has 91 heavy (non-hydrogen) atoms. The van der Waals surface area contributed by atoms with Crippen LogP contribution in [0, 0.1) is 11.3 Å². The maximum Gasteiger partial charge on any atom is 0.475 e. The van der Waals surface area contributed by atoms with Gasteiger partial charge in [0.1, 0.15) is 25.4 Å².